The molecule has 0 heterocycles. The molecular formula is C11H14NO4-. The Morgan fingerprint density at radius 2 is 1.38 bits per heavy atom. The Bertz CT molecular complexity index is 423. The van der Waals surface area contributed by atoms with Crippen LogP contribution in [-0.4, -0.2) is 16.4 Å². The Kier molecular flexibility index (Phi) is 3.21. The molecule has 0 saturated heterocycles. The van der Waals surface area contributed by atoms with E-state index in [1.807, 2.05) is 0 Å². The third kappa shape index (κ3) is 1.75. The molecule has 0 aliphatic heterocycles. The summed E-state index contributed by atoms with van der Waals surface area (Å²) >= 11 is 0. The van der Waals surface area contributed by atoms with Gasteiger partial charge in [-0.25, -0.2) is 0 Å². The van der Waals surface area contributed by atoms with Crippen LogP contribution in [0.25, 0.3) is 0 Å². The lowest BCUT2D eigenvalue weighted by Gasteiger charge is -2.22. The van der Waals surface area contributed by atoms with Crippen molar-refractivity contribution in [1.29, 1.82) is 0 Å². The van der Waals surface area contributed by atoms with Gasteiger partial charge >= 0.3 is 0 Å². The fraction of sp³-hybridized carbons (Fsp3) is 0.364. The monoisotopic (exact) mass is 224 g/mol. The standard InChI is InChI=1S/C11H15NO4/c1-5-7(3)10(12(15)16)8(4)6(2)9(5)11(13)14/h15-16H,1-4H3,(H,13,14)/p-1. The van der Waals surface area contributed by atoms with Crippen molar-refractivity contribution in [3.8, 4) is 0 Å². The first-order chi connectivity index (χ1) is 7.29. The maximum atomic E-state index is 11.0. The van der Waals surface area contributed by atoms with Gasteiger partial charge in [0.25, 0.3) is 0 Å². The van der Waals surface area contributed by atoms with Crippen LogP contribution in [0.5, 0.6) is 0 Å². The van der Waals surface area contributed by atoms with Crippen molar-refractivity contribution in [1.82, 2.24) is 0 Å². The molecule has 0 atom stereocenters. The number of hydrogen-bond acceptors (Lipinski definition) is 5. The molecular weight excluding hydrogens is 210 g/mol. The predicted molar refractivity (Wildman–Crippen MR) is 55.8 cm³/mol. The van der Waals surface area contributed by atoms with Crippen molar-refractivity contribution >= 4 is 11.7 Å². The van der Waals surface area contributed by atoms with E-state index < -0.39 is 5.97 Å². The number of carbonyl (C=O) groups excluding carboxylic acids is 1. The summed E-state index contributed by atoms with van der Waals surface area (Å²) in [5.41, 5.74) is 2.29. The third-order valence-corrected chi connectivity index (χ3v) is 2.99. The topological polar surface area (TPSA) is 83.8 Å². The minimum atomic E-state index is -1.25. The van der Waals surface area contributed by atoms with E-state index in [-0.39, 0.29) is 16.5 Å². The van der Waals surface area contributed by atoms with E-state index in [0.29, 0.717) is 22.3 Å². The molecule has 5 heteroatoms. The number of carboxylic acids is 1. The summed E-state index contributed by atoms with van der Waals surface area (Å²) in [4.78, 5) is 11.0. The van der Waals surface area contributed by atoms with Gasteiger partial charge in [0.2, 0.25) is 0 Å². The lowest BCUT2D eigenvalue weighted by atomic mass is 9.92. The van der Waals surface area contributed by atoms with Crippen molar-refractivity contribution in [3.63, 3.8) is 0 Å². The summed E-state index contributed by atoms with van der Waals surface area (Å²) < 4.78 is 0. The van der Waals surface area contributed by atoms with Crippen molar-refractivity contribution in [2.45, 2.75) is 27.7 Å². The van der Waals surface area contributed by atoms with Gasteiger partial charge in [0.1, 0.15) is 5.69 Å². The molecule has 0 unspecified atom stereocenters. The lowest BCUT2D eigenvalue weighted by Crippen LogP contribution is -2.26. The van der Waals surface area contributed by atoms with Crippen molar-refractivity contribution < 1.29 is 20.3 Å². The van der Waals surface area contributed by atoms with Gasteiger partial charge < -0.3 is 9.90 Å². The van der Waals surface area contributed by atoms with Crippen LogP contribution < -0.4 is 10.3 Å². The van der Waals surface area contributed by atoms with E-state index in [2.05, 4.69) is 0 Å². The summed E-state index contributed by atoms with van der Waals surface area (Å²) in [6.45, 7) is 6.48. The first-order valence-corrected chi connectivity index (χ1v) is 4.78. The number of nitrogens with zero attached hydrogens (tertiary/aromatic N) is 1. The fourth-order valence-corrected chi connectivity index (χ4v) is 1.90. The van der Waals surface area contributed by atoms with Gasteiger partial charge in [-0.15, -0.1) is 5.23 Å². The van der Waals surface area contributed by atoms with Crippen molar-refractivity contribution in [2.75, 3.05) is 5.23 Å². The van der Waals surface area contributed by atoms with E-state index in [1.54, 1.807) is 27.7 Å². The maximum absolute atomic E-state index is 11.0. The molecule has 5 nitrogen and oxygen atoms in total. The first kappa shape index (κ1) is 12.5. The number of aromatic carboxylic acids is 1. The van der Waals surface area contributed by atoms with Crippen LogP contribution in [0.4, 0.5) is 5.69 Å². The average molecular weight is 224 g/mol. The summed E-state index contributed by atoms with van der Waals surface area (Å²) in [6, 6.07) is 0. The Morgan fingerprint density at radius 3 is 1.62 bits per heavy atom. The second-order valence-electron chi connectivity index (χ2n) is 3.80. The smallest absolute Gasteiger partial charge is 0.101 e. The summed E-state index contributed by atoms with van der Waals surface area (Å²) in [7, 11) is 0. The molecule has 16 heavy (non-hydrogen) atoms. The van der Waals surface area contributed by atoms with Crippen LogP contribution in [0.1, 0.15) is 32.6 Å². The molecule has 0 aliphatic rings. The van der Waals surface area contributed by atoms with Crippen LogP contribution >= 0.6 is 0 Å². The number of carboxylic acid groups (broad SMARTS) is 1. The third-order valence-electron chi connectivity index (χ3n) is 2.99. The van der Waals surface area contributed by atoms with Crippen LogP contribution in [0, 0.1) is 27.7 Å². The number of hydrogen-bond donors (Lipinski definition) is 2. The molecule has 0 fully saturated rings. The molecule has 0 bridgehead atoms. The van der Waals surface area contributed by atoms with Gasteiger partial charge in [-0.3, -0.25) is 10.4 Å². The highest BCUT2D eigenvalue weighted by Gasteiger charge is 2.18. The Labute approximate surface area is 93.5 Å². The molecule has 0 aromatic heterocycles. The Hall–Kier alpha value is -1.59. The fourth-order valence-electron chi connectivity index (χ4n) is 1.90. The van der Waals surface area contributed by atoms with E-state index >= 15 is 0 Å². The largest absolute Gasteiger partial charge is 0.545 e. The normalized spacial score (nSPS) is 10.4. The first-order valence-electron chi connectivity index (χ1n) is 4.78. The minimum Gasteiger partial charge on any atom is -0.545 e. The zero-order chi connectivity index (χ0) is 12.6. The van der Waals surface area contributed by atoms with Gasteiger partial charge in [-0.1, -0.05) is 0 Å². The predicted octanol–water partition coefficient (Wildman–Crippen LogP) is 0.869. The second-order valence-corrected chi connectivity index (χ2v) is 3.80. The molecule has 0 amide bonds. The number of benzene rings is 1. The molecule has 88 valence electrons. The lowest BCUT2D eigenvalue weighted by molar-refractivity contribution is -0.255. The van der Waals surface area contributed by atoms with Crippen LogP contribution in [-0.2, 0) is 0 Å². The van der Waals surface area contributed by atoms with E-state index in [1.165, 1.54) is 0 Å². The Morgan fingerprint density at radius 1 is 1.00 bits per heavy atom. The quantitative estimate of drug-likeness (QED) is 0.728. The molecule has 1 aromatic rings. The highest BCUT2D eigenvalue weighted by atomic mass is 16.8. The highest BCUT2D eigenvalue weighted by Crippen LogP contribution is 2.31. The number of rotatable bonds is 2. The summed E-state index contributed by atoms with van der Waals surface area (Å²) in [5.74, 6) is -1.25. The number of carbonyl (C=O) groups is 1. The molecule has 0 radical (unpaired) electrons. The highest BCUT2D eigenvalue weighted by molar-refractivity contribution is 5.92. The molecule has 1 aromatic carbocycles. The zero-order valence-electron chi connectivity index (χ0n) is 9.66. The van der Waals surface area contributed by atoms with Gasteiger partial charge in [-0.05, 0) is 49.9 Å². The van der Waals surface area contributed by atoms with Gasteiger partial charge in [0.05, 0.1) is 5.97 Å². The molecule has 1 rings (SSSR count). The molecule has 0 saturated carbocycles. The SMILES string of the molecule is Cc1c(C)c(N(O)O)c(C)c(C)c1C(=O)[O-]. The van der Waals surface area contributed by atoms with E-state index in [9.17, 15) is 9.90 Å². The van der Waals surface area contributed by atoms with E-state index in [0.717, 1.165) is 0 Å². The van der Waals surface area contributed by atoms with Gasteiger partial charge in [-0.2, -0.15) is 0 Å². The minimum absolute atomic E-state index is 0.0176. The Balaban J connectivity index is 3.70. The zero-order valence-corrected chi connectivity index (χ0v) is 9.66. The van der Waals surface area contributed by atoms with Crippen LogP contribution in [0.15, 0.2) is 0 Å². The van der Waals surface area contributed by atoms with Crippen LogP contribution in [0.3, 0.4) is 0 Å². The van der Waals surface area contributed by atoms with Gasteiger partial charge in [0, 0.05) is 5.56 Å². The number of anilines is 1. The molecule has 2 N–H and O–H groups in total. The second kappa shape index (κ2) is 4.11. The maximum Gasteiger partial charge on any atom is 0.101 e. The van der Waals surface area contributed by atoms with Crippen LogP contribution in [0.2, 0.25) is 0 Å². The average Bonchev–Trinajstić information content (AvgIpc) is 2.14. The van der Waals surface area contributed by atoms with Crippen molar-refractivity contribution in [3.05, 3.63) is 27.8 Å². The molecule has 0 aliphatic carbocycles. The van der Waals surface area contributed by atoms with Crippen molar-refractivity contribution in [2.24, 2.45) is 0 Å². The summed E-state index contributed by atoms with van der Waals surface area (Å²) in [6.07, 6.45) is 0. The molecule has 0 spiro atoms. The van der Waals surface area contributed by atoms with E-state index in [4.69, 9.17) is 10.4 Å². The van der Waals surface area contributed by atoms with Gasteiger partial charge in [0.15, 0.2) is 0 Å². The summed E-state index contributed by atoms with van der Waals surface area (Å²) in [5, 5.41) is 29.2.